The van der Waals surface area contributed by atoms with Gasteiger partial charge in [0, 0.05) is 46.0 Å². The normalized spacial score (nSPS) is 11.9. The summed E-state index contributed by atoms with van der Waals surface area (Å²) < 4.78 is 1.89. The summed E-state index contributed by atoms with van der Waals surface area (Å²) in [4.78, 5) is 27.9. The topological polar surface area (TPSA) is 87.5 Å². The van der Waals surface area contributed by atoms with Crippen molar-refractivity contribution in [3.8, 4) is 0 Å². The van der Waals surface area contributed by atoms with Crippen molar-refractivity contribution in [3.63, 3.8) is 0 Å². The molecule has 0 radical (unpaired) electrons. The maximum absolute atomic E-state index is 11.7. The summed E-state index contributed by atoms with van der Waals surface area (Å²) in [6.45, 7) is 2.22. The molecule has 106 valence electrons. The predicted molar refractivity (Wildman–Crippen MR) is 69.7 cm³/mol. The number of nitrogens with zero attached hydrogens (tertiary/aromatic N) is 3. The highest BCUT2D eigenvalue weighted by Gasteiger charge is 2.16. The molecular weight excluding hydrogens is 248 g/mol. The van der Waals surface area contributed by atoms with Crippen molar-refractivity contribution in [2.75, 3.05) is 20.1 Å². The quantitative estimate of drug-likeness (QED) is 0.778. The first-order chi connectivity index (χ1) is 8.91. The standard InChI is InChI=1S/C12H20N4O3/c1-9(11(17)18)8-16(3)12(19)14-5-4-10-13-6-7-15(10)2/h6-7,9H,4-5,8H2,1-3H3,(H,14,19)(H,17,18). The Morgan fingerprint density at radius 2 is 2.26 bits per heavy atom. The minimum Gasteiger partial charge on any atom is -0.481 e. The number of nitrogens with one attached hydrogen (secondary N) is 1. The van der Waals surface area contributed by atoms with Gasteiger partial charge in [0.15, 0.2) is 0 Å². The number of rotatable bonds is 6. The van der Waals surface area contributed by atoms with E-state index in [1.807, 2.05) is 17.8 Å². The molecule has 0 saturated carbocycles. The van der Waals surface area contributed by atoms with Crippen LogP contribution in [0.25, 0.3) is 0 Å². The first-order valence-electron chi connectivity index (χ1n) is 6.09. The van der Waals surface area contributed by atoms with Crippen molar-refractivity contribution < 1.29 is 14.7 Å². The lowest BCUT2D eigenvalue weighted by Gasteiger charge is -2.19. The van der Waals surface area contributed by atoms with E-state index in [1.54, 1.807) is 20.2 Å². The van der Waals surface area contributed by atoms with Crippen molar-refractivity contribution in [2.24, 2.45) is 13.0 Å². The van der Waals surface area contributed by atoms with Gasteiger partial charge in [0.05, 0.1) is 5.92 Å². The van der Waals surface area contributed by atoms with Gasteiger partial charge in [-0.25, -0.2) is 9.78 Å². The Kier molecular flexibility index (Phi) is 5.35. The second-order valence-electron chi connectivity index (χ2n) is 4.56. The lowest BCUT2D eigenvalue weighted by molar-refractivity contribution is -0.141. The Balaban J connectivity index is 2.31. The van der Waals surface area contributed by atoms with E-state index in [2.05, 4.69) is 10.3 Å². The number of amides is 2. The average Bonchev–Trinajstić information content (AvgIpc) is 2.74. The van der Waals surface area contributed by atoms with Crippen LogP contribution in [0.3, 0.4) is 0 Å². The van der Waals surface area contributed by atoms with Crippen LogP contribution in [0.5, 0.6) is 0 Å². The summed E-state index contributed by atoms with van der Waals surface area (Å²) in [7, 11) is 3.47. The maximum atomic E-state index is 11.7. The van der Waals surface area contributed by atoms with E-state index in [0.29, 0.717) is 13.0 Å². The highest BCUT2D eigenvalue weighted by Crippen LogP contribution is 1.99. The van der Waals surface area contributed by atoms with Crippen LogP contribution in [0.1, 0.15) is 12.7 Å². The molecule has 0 aliphatic carbocycles. The van der Waals surface area contributed by atoms with E-state index in [1.165, 1.54) is 4.90 Å². The molecule has 0 fully saturated rings. The molecule has 1 unspecified atom stereocenters. The maximum Gasteiger partial charge on any atom is 0.317 e. The summed E-state index contributed by atoms with van der Waals surface area (Å²) in [6, 6.07) is -0.276. The molecule has 1 rings (SSSR count). The molecule has 7 nitrogen and oxygen atoms in total. The smallest absolute Gasteiger partial charge is 0.317 e. The molecule has 0 aliphatic rings. The summed E-state index contributed by atoms with van der Waals surface area (Å²) in [5.41, 5.74) is 0. The molecule has 2 amide bonds. The number of carboxylic acids is 1. The van der Waals surface area contributed by atoms with Gasteiger partial charge < -0.3 is 19.9 Å². The van der Waals surface area contributed by atoms with Gasteiger partial charge in [-0.2, -0.15) is 0 Å². The van der Waals surface area contributed by atoms with Crippen LogP contribution in [0.4, 0.5) is 4.79 Å². The van der Waals surface area contributed by atoms with Crippen LogP contribution >= 0.6 is 0 Å². The lowest BCUT2D eigenvalue weighted by Crippen LogP contribution is -2.41. The first-order valence-corrected chi connectivity index (χ1v) is 6.09. The average molecular weight is 268 g/mol. The monoisotopic (exact) mass is 268 g/mol. The Labute approximate surface area is 112 Å². The van der Waals surface area contributed by atoms with E-state index in [9.17, 15) is 9.59 Å². The number of aliphatic carboxylic acids is 1. The number of carbonyl (C=O) groups excluding carboxylic acids is 1. The molecule has 0 bridgehead atoms. The van der Waals surface area contributed by atoms with E-state index in [4.69, 9.17) is 5.11 Å². The fraction of sp³-hybridized carbons (Fsp3) is 0.583. The molecular formula is C12H20N4O3. The third-order valence-corrected chi connectivity index (χ3v) is 2.86. The van der Waals surface area contributed by atoms with Crippen molar-refractivity contribution in [3.05, 3.63) is 18.2 Å². The largest absolute Gasteiger partial charge is 0.481 e. The first kappa shape index (κ1) is 15.0. The van der Waals surface area contributed by atoms with E-state index < -0.39 is 11.9 Å². The minimum absolute atomic E-state index is 0.184. The third-order valence-electron chi connectivity index (χ3n) is 2.86. The highest BCUT2D eigenvalue weighted by molar-refractivity contribution is 5.75. The van der Waals surface area contributed by atoms with Crippen LogP contribution in [0, 0.1) is 5.92 Å². The molecule has 1 aromatic rings. The molecule has 7 heteroatoms. The van der Waals surface area contributed by atoms with Gasteiger partial charge in [0.1, 0.15) is 5.82 Å². The molecule has 2 N–H and O–H groups in total. The van der Waals surface area contributed by atoms with Crippen LogP contribution in [0.15, 0.2) is 12.4 Å². The van der Waals surface area contributed by atoms with Gasteiger partial charge in [0.25, 0.3) is 0 Å². The second-order valence-corrected chi connectivity index (χ2v) is 4.56. The number of urea groups is 1. The summed E-state index contributed by atoms with van der Waals surface area (Å²) in [6.07, 6.45) is 4.19. The Morgan fingerprint density at radius 3 is 2.79 bits per heavy atom. The molecule has 0 aliphatic heterocycles. The number of aromatic nitrogens is 2. The molecule has 1 atom stereocenters. The van der Waals surface area contributed by atoms with Crippen molar-refractivity contribution in [2.45, 2.75) is 13.3 Å². The van der Waals surface area contributed by atoms with E-state index in [0.717, 1.165) is 5.82 Å². The van der Waals surface area contributed by atoms with Crippen LogP contribution in [-0.4, -0.2) is 51.7 Å². The van der Waals surface area contributed by atoms with Gasteiger partial charge in [0.2, 0.25) is 0 Å². The second kappa shape index (κ2) is 6.77. The number of imidazole rings is 1. The molecule has 0 saturated heterocycles. The van der Waals surface area contributed by atoms with Gasteiger partial charge in [-0.1, -0.05) is 6.92 Å². The fourth-order valence-electron chi connectivity index (χ4n) is 1.63. The molecule has 19 heavy (non-hydrogen) atoms. The van der Waals surface area contributed by atoms with Crippen LogP contribution < -0.4 is 5.32 Å². The zero-order valence-corrected chi connectivity index (χ0v) is 11.5. The van der Waals surface area contributed by atoms with E-state index in [-0.39, 0.29) is 12.6 Å². The number of hydrogen-bond acceptors (Lipinski definition) is 3. The number of hydrogen-bond donors (Lipinski definition) is 2. The van der Waals surface area contributed by atoms with Crippen LogP contribution in [0.2, 0.25) is 0 Å². The molecule has 1 heterocycles. The third kappa shape index (κ3) is 4.61. The highest BCUT2D eigenvalue weighted by atomic mass is 16.4. The summed E-state index contributed by atoms with van der Waals surface area (Å²) >= 11 is 0. The zero-order valence-electron chi connectivity index (χ0n) is 11.5. The number of aryl methyl sites for hydroxylation is 1. The van der Waals surface area contributed by atoms with Gasteiger partial charge in [-0.05, 0) is 0 Å². The van der Waals surface area contributed by atoms with E-state index >= 15 is 0 Å². The summed E-state index contributed by atoms with van der Waals surface area (Å²) in [5.74, 6) is -0.597. The minimum atomic E-state index is -0.910. The van der Waals surface area contributed by atoms with Gasteiger partial charge >= 0.3 is 12.0 Å². The van der Waals surface area contributed by atoms with Crippen molar-refractivity contribution in [1.82, 2.24) is 19.8 Å². The summed E-state index contributed by atoms with van der Waals surface area (Å²) in [5, 5.41) is 11.5. The Hall–Kier alpha value is -2.05. The molecule has 0 spiro atoms. The SMILES string of the molecule is CC(CN(C)C(=O)NCCc1nccn1C)C(=O)O. The van der Waals surface area contributed by atoms with Gasteiger partial charge in [-0.15, -0.1) is 0 Å². The molecule has 0 aromatic carbocycles. The van der Waals surface area contributed by atoms with Gasteiger partial charge in [-0.3, -0.25) is 4.79 Å². The Bertz CT molecular complexity index is 444. The number of carbonyl (C=O) groups is 2. The lowest BCUT2D eigenvalue weighted by atomic mass is 10.2. The Morgan fingerprint density at radius 1 is 1.58 bits per heavy atom. The zero-order chi connectivity index (χ0) is 14.4. The predicted octanol–water partition coefficient (Wildman–Crippen LogP) is 0.325. The van der Waals surface area contributed by atoms with Crippen molar-refractivity contribution >= 4 is 12.0 Å². The molecule has 1 aromatic heterocycles. The van der Waals surface area contributed by atoms with Crippen LogP contribution in [-0.2, 0) is 18.3 Å². The van der Waals surface area contributed by atoms with Crippen molar-refractivity contribution in [1.29, 1.82) is 0 Å². The fourth-order valence-corrected chi connectivity index (χ4v) is 1.63. The number of carboxylic acid groups (broad SMARTS) is 1.